The van der Waals surface area contributed by atoms with E-state index in [0.717, 1.165) is 39.1 Å². The van der Waals surface area contributed by atoms with Gasteiger partial charge >= 0.3 is 0 Å². The highest BCUT2D eigenvalue weighted by Crippen LogP contribution is 2.00. The van der Waals surface area contributed by atoms with E-state index < -0.39 is 0 Å². The van der Waals surface area contributed by atoms with Crippen molar-refractivity contribution >= 4 is 18.3 Å². The normalized spacial score (nSPS) is 17.4. The Morgan fingerprint density at radius 2 is 2.06 bits per heavy atom. The number of carbonyl (C=O) groups is 1. The molecule has 0 atom stereocenters. The predicted molar refractivity (Wildman–Crippen MR) is 70.7 cm³/mol. The first kappa shape index (κ1) is 16.6. The molecular formula is C11H24ClN3O2. The van der Waals surface area contributed by atoms with Crippen molar-refractivity contribution in [1.82, 2.24) is 15.1 Å². The van der Waals surface area contributed by atoms with Crippen LogP contribution in [0, 0.1) is 0 Å². The van der Waals surface area contributed by atoms with Gasteiger partial charge in [0.15, 0.2) is 0 Å². The number of amides is 1. The quantitative estimate of drug-likeness (QED) is 0.700. The molecule has 1 heterocycles. The lowest BCUT2D eigenvalue weighted by Gasteiger charge is -2.20. The molecule has 0 aromatic heterocycles. The molecule has 0 aromatic carbocycles. The van der Waals surface area contributed by atoms with E-state index in [-0.39, 0.29) is 18.3 Å². The molecule has 1 amide bonds. The third-order valence-electron chi connectivity index (χ3n) is 2.83. The van der Waals surface area contributed by atoms with E-state index in [9.17, 15) is 4.79 Å². The first-order valence-corrected chi connectivity index (χ1v) is 5.90. The first-order valence-electron chi connectivity index (χ1n) is 5.90. The lowest BCUT2D eigenvalue weighted by atomic mass is 10.3. The lowest BCUT2D eigenvalue weighted by Crippen LogP contribution is -2.40. The zero-order valence-corrected chi connectivity index (χ0v) is 11.6. The van der Waals surface area contributed by atoms with E-state index in [1.165, 1.54) is 0 Å². The largest absolute Gasteiger partial charge is 0.383 e. The molecule has 5 nitrogen and oxygen atoms in total. The fourth-order valence-electron chi connectivity index (χ4n) is 1.78. The number of halogens is 1. The summed E-state index contributed by atoms with van der Waals surface area (Å²) in [5.74, 6) is 0.200. The second-order valence-electron chi connectivity index (χ2n) is 4.21. The highest BCUT2D eigenvalue weighted by Gasteiger charge is 2.16. The molecule has 1 aliphatic heterocycles. The van der Waals surface area contributed by atoms with Crippen molar-refractivity contribution in [3.8, 4) is 0 Å². The minimum Gasteiger partial charge on any atom is -0.383 e. The number of carbonyl (C=O) groups excluding carboxylic acids is 1. The molecule has 0 aliphatic carbocycles. The number of methoxy groups -OCH3 is 1. The maximum Gasteiger partial charge on any atom is 0.236 e. The summed E-state index contributed by atoms with van der Waals surface area (Å²) < 4.78 is 4.91. The highest BCUT2D eigenvalue weighted by atomic mass is 35.5. The van der Waals surface area contributed by atoms with Crippen LogP contribution in [0.15, 0.2) is 0 Å². The zero-order chi connectivity index (χ0) is 11.8. The Kier molecular flexibility index (Phi) is 9.44. The van der Waals surface area contributed by atoms with Crippen LogP contribution in [0.1, 0.15) is 6.42 Å². The number of nitrogens with one attached hydrogen (secondary N) is 1. The van der Waals surface area contributed by atoms with Crippen molar-refractivity contribution in [3.05, 3.63) is 0 Å². The Morgan fingerprint density at radius 1 is 1.29 bits per heavy atom. The van der Waals surface area contributed by atoms with Gasteiger partial charge in [-0.05, 0) is 20.0 Å². The van der Waals surface area contributed by atoms with E-state index in [1.54, 1.807) is 7.11 Å². The molecule has 0 spiro atoms. The predicted octanol–water partition coefficient (Wildman–Crippen LogP) is -0.192. The van der Waals surface area contributed by atoms with Gasteiger partial charge in [-0.15, -0.1) is 12.4 Å². The zero-order valence-electron chi connectivity index (χ0n) is 10.8. The summed E-state index contributed by atoms with van der Waals surface area (Å²) in [6.45, 7) is 5.60. The number of likely N-dealkylation sites (N-methyl/N-ethyl adjacent to an activating group) is 1. The minimum absolute atomic E-state index is 0. The Labute approximate surface area is 110 Å². The Morgan fingerprint density at radius 3 is 2.76 bits per heavy atom. The lowest BCUT2D eigenvalue weighted by molar-refractivity contribution is -0.130. The number of hydrogen-bond donors (Lipinski definition) is 1. The van der Waals surface area contributed by atoms with Crippen LogP contribution in [-0.2, 0) is 9.53 Å². The average Bonchev–Trinajstić information content (AvgIpc) is 2.49. The number of ether oxygens (including phenoxy) is 1. The van der Waals surface area contributed by atoms with Gasteiger partial charge in [0, 0.05) is 33.3 Å². The standard InChI is InChI=1S/C11H23N3O2.ClH/c1-13-5-3-6-14(8-7-13)11(15)10-12-4-9-16-2;/h12H,3-10H2,1-2H3;1H. The molecule has 1 N–H and O–H groups in total. The van der Waals surface area contributed by atoms with Crippen LogP contribution in [0.4, 0.5) is 0 Å². The summed E-state index contributed by atoms with van der Waals surface area (Å²) in [6.07, 6.45) is 1.07. The van der Waals surface area contributed by atoms with Gasteiger partial charge in [-0.3, -0.25) is 4.79 Å². The number of hydrogen-bond acceptors (Lipinski definition) is 4. The topological polar surface area (TPSA) is 44.8 Å². The van der Waals surface area contributed by atoms with Crippen LogP contribution >= 0.6 is 12.4 Å². The van der Waals surface area contributed by atoms with Crippen LogP contribution in [-0.4, -0.2) is 75.7 Å². The van der Waals surface area contributed by atoms with Crippen molar-refractivity contribution in [2.75, 3.05) is 60.0 Å². The molecule has 102 valence electrons. The molecule has 1 aliphatic rings. The molecule has 0 radical (unpaired) electrons. The first-order chi connectivity index (χ1) is 7.74. The summed E-state index contributed by atoms with van der Waals surface area (Å²) in [6, 6.07) is 0. The highest BCUT2D eigenvalue weighted by molar-refractivity contribution is 5.85. The van der Waals surface area contributed by atoms with Crippen molar-refractivity contribution < 1.29 is 9.53 Å². The summed E-state index contributed by atoms with van der Waals surface area (Å²) in [4.78, 5) is 16.0. The number of nitrogens with zero attached hydrogens (tertiary/aromatic N) is 2. The maximum absolute atomic E-state index is 11.8. The Bertz CT molecular complexity index is 217. The van der Waals surface area contributed by atoms with Crippen LogP contribution in [0.5, 0.6) is 0 Å². The van der Waals surface area contributed by atoms with Crippen LogP contribution < -0.4 is 5.32 Å². The molecule has 1 saturated heterocycles. The minimum atomic E-state index is 0. The summed E-state index contributed by atoms with van der Waals surface area (Å²) in [5.41, 5.74) is 0. The monoisotopic (exact) mass is 265 g/mol. The summed E-state index contributed by atoms with van der Waals surface area (Å²) in [7, 11) is 3.76. The van der Waals surface area contributed by atoms with Gasteiger partial charge in [0.2, 0.25) is 5.91 Å². The van der Waals surface area contributed by atoms with Crippen molar-refractivity contribution in [3.63, 3.8) is 0 Å². The van der Waals surface area contributed by atoms with E-state index in [1.807, 2.05) is 4.90 Å². The molecule has 0 aromatic rings. The van der Waals surface area contributed by atoms with E-state index in [4.69, 9.17) is 4.74 Å². The third-order valence-corrected chi connectivity index (χ3v) is 2.83. The van der Waals surface area contributed by atoms with Gasteiger partial charge in [-0.2, -0.15) is 0 Å². The molecule has 0 unspecified atom stereocenters. The Balaban J connectivity index is 0.00000256. The van der Waals surface area contributed by atoms with Gasteiger partial charge in [0.1, 0.15) is 0 Å². The van der Waals surface area contributed by atoms with Gasteiger partial charge in [0.05, 0.1) is 13.2 Å². The second kappa shape index (κ2) is 9.65. The Hall–Kier alpha value is -0.360. The van der Waals surface area contributed by atoms with E-state index in [2.05, 4.69) is 17.3 Å². The van der Waals surface area contributed by atoms with Crippen LogP contribution in [0.3, 0.4) is 0 Å². The van der Waals surface area contributed by atoms with Gasteiger partial charge in [-0.25, -0.2) is 0 Å². The molecule has 17 heavy (non-hydrogen) atoms. The van der Waals surface area contributed by atoms with Gasteiger partial charge in [0.25, 0.3) is 0 Å². The van der Waals surface area contributed by atoms with Crippen molar-refractivity contribution in [2.45, 2.75) is 6.42 Å². The van der Waals surface area contributed by atoms with E-state index in [0.29, 0.717) is 13.2 Å². The fraction of sp³-hybridized carbons (Fsp3) is 0.909. The molecular weight excluding hydrogens is 242 g/mol. The fourth-order valence-corrected chi connectivity index (χ4v) is 1.78. The van der Waals surface area contributed by atoms with Gasteiger partial charge in [-0.1, -0.05) is 0 Å². The van der Waals surface area contributed by atoms with E-state index >= 15 is 0 Å². The third kappa shape index (κ3) is 6.83. The average molecular weight is 266 g/mol. The SMILES string of the molecule is COCCNCC(=O)N1CCCN(C)CC1.Cl. The van der Waals surface area contributed by atoms with Crippen LogP contribution in [0.2, 0.25) is 0 Å². The van der Waals surface area contributed by atoms with Crippen molar-refractivity contribution in [1.29, 1.82) is 0 Å². The van der Waals surface area contributed by atoms with Gasteiger partial charge < -0.3 is 19.9 Å². The molecule has 0 bridgehead atoms. The molecule has 6 heteroatoms. The smallest absolute Gasteiger partial charge is 0.236 e. The molecule has 0 saturated carbocycles. The molecule has 1 fully saturated rings. The summed E-state index contributed by atoms with van der Waals surface area (Å²) >= 11 is 0. The van der Waals surface area contributed by atoms with Crippen LogP contribution in [0.25, 0.3) is 0 Å². The maximum atomic E-state index is 11.8. The number of rotatable bonds is 5. The van der Waals surface area contributed by atoms with Crippen molar-refractivity contribution in [2.24, 2.45) is 0 Å². The molecule has 1 rings (SSSR count). The summed E-state index contributed by atoms with van der Waals surface area (Å²) in [5, 5.41) is 3.09. The second-order valence-corrected chi connectivity index (χ2v) is 4.21.